The van der Waals surface area contributed by atoms with E-state index in [4.69, 9.17) is 24.0 Å². The Morgan fingerprint density at radius 3 is 1.58 bits per heavy atom. The standard InChI is InChI=1S/C14H9NO5.C14H11NO3.S4.S3/c1-19-11-3-2-4-12-13(11)9-6-5-8(15(17)18)7-10(9)14(16)20-12;1-17-11-3-2-4-12-13(11)9-6-5-8(15)7-10(9)14(16)18-12;1-3-4-2;1-3-2/h2-7H,1H3;2-7H,15H2,1H3;;. The molecule has 17 heteroatoms. The molecule has 0 aliphatic rings. The van der Waals surface area contributed by atoms with Crippen LogP contribution in [0, 0.1) is 10.1 Å². The van der Waals surface area contributed by atoms with Gasteiger partial charge >= 0.3 is 11.3 Å². The van der Waals surface area contributed by atoms with Crippen LogP contribution in [-0.2, 0) is 71.4 Å². The van der Waals surface area contributed by atoms with Gasteiger partial charge in [-0.05, 0) is 42.5 Å². The maximum absolute atomic E-state index is 11.9. The van der Waals surface area contributed by atoms with Crippen LogP contribution in [0.4, 0.5) is 11.4 Å². The summed E-state index contributed by atoms with van der Waals surface area (Å²) in [4.78, 5) is 34.1. The van der Waals surface area contributed by atoms with Gasteiger partial charge in [0.2, 0.25) is 0 Å². The lowest BCUT2D eigenvalue weighted by atomic mass is 10.1. The summed E-state index contributed by atoms with van der Waals surface area (Å²) in [5.74, 6) is 1.22. The smallest absolute Gasteiger partial charge is 0.344 e. The van der Waals surface area contributed by atoms with E-state index < -0.39 is 16.2 Å². The van der Waals surface area contributed by atoms with Crippen molar-refractivity contribution in [3.8, 4) is 11.5 Å². The molecule has 4 aromatic carbocycles. The lowest BCUT2D eigenvalue weighted by Crippen LogP contribution is -2.01. The molecule has 0 atom stereocenters. The zero-order chi connectivity index (χ0) is 33.1. The van der Waals surface area contributed by atoms with Gasteiger partial charge in [-0.15, -0.1) is 0 Å². The Morgan fingerprint density at radius 1 is 0.711 bits per heavy atom. The number of nitrogens with two attached hydrogens (primary N) is 1. The molecule has 0 spiro atoms. The Balaban J connectivity index is 0.000000205. The molecule has 6 aromatic rings. The van der Waals surface area contributed by atoms with Crippen molar-refractivity contribution in [2.45, 2.75) is 0 Å². The van der Waals surface area contributed by atoms with E-state index in [2.05, 4.69) is 44.8 Å². The van der Waals surface area contributed by atoms with E-state index in [-0.39, 0.29) is 11.1 Å². The summed E-state index contributed by atoms with van der Waals surface area (Å²) in [7, 11) is 6.36. The van der Waals surface area contributed by atoms with Crippen molar-refractivity contribution >= 4 is 126 Å². The fourth-order valence-corrected chi connectivity index (χ4v) is 4.35. The van der Waals surface area contributed by atoms with Crippen LogP contribution in [-0.4, -0.2) is 19.1 Å². The van der Waals surface area contributed by atoms with Crippen LogP contribution >= 0.6 is 0 Å². The summed E-state index contributed by atoms with van der Waals surface area (Å²) >= 11 is 16.9. The summed E-state index contributed by atoms with van der Waals surface area (Å²) in [5, 5.41) is 14.2. The van der Waals surface area contributed by atoms with Crippen molar-refractivity contribution in [1.82, 2.24) is 0 Å². The average Bonchev–Trinajstić information content (AvgIpc) is 3.04. The Bertz CT molecular complexity index is 2280. The van der Waals surface area contributed by atoms with Crippen molar-refractivity contribution in [3.05, 3.63) is 104 Å². The van der Waals surface area contributed by atoms with Gasteiger partial charge in [-0.3, -0.25) is 10.1 Å². The lowest BCUT2D eigenvalue weighted by molar-refractivity contribution is -0.384. The van der Waals surface area contributed by atoms with Crippen LogP contribution in [0.2, 0.25) is 0 Å². The Hall–Kier alpha value is -3.84. The summed E-state index contributed by atoms with van der Waals surface area (Å²) in [5.41, 5.74) is 5.97. The first-order valence-electron chi connectivity index (χ1n) is 12.1. The number of fused-ring (bicyclic) bond motifs is 6. The first-order valence-corrected chi connectivity index (χ1v) is 18.8. The number of nitro benzene ring substituents is 1. The minimum atomic E-state index is -0.607. The SMILES string of the molecule is COc1cccc2oc(=O)c3cc(N)ccc3c12.COc1cccc2oc(=O)c3cc([N+](=O)[O-])ccc3c12.S=S=S.S=S=S=S. The maximum Gasteiger partial charge on any atom is 0.344 e. The highest BCUT2D eigenvalue weighted by Crippen LogP contribution is 2.33. The van der Waals surface area contributed by atoms with Crippen LogP contribution < -0.4 is 26.5 Å². The Kier molecular flexibility index (Phi) is 13.5. The molecule has 45 heavy (non-hydrogen) atoms. The summed E-state index contributed by atoms with van der Waals surface area (Å²) in [6.07, 6.45) is 0. The molecule has 2 N–H and O–H groups in total. The lowest BCUT2D eigenvalue weighted by Gasteiger charge is -2.07. The molecule has 0 fully saturated rings. The minimum Gasteiger partial charge on any atom is -0.496 e. The second-order valence-electron chi connectivity index (χ2n) is 8.44. The Labute approximate surface area is 282 Å². The van der Waals surface area contributed by atoms with Gasteiger partial charge in [0.05, 0.1) is 40.7 Å². The second kappa shape index (κ2) is 17.0. The summed E-state index contributed by atoms with van der Waals surface area (Å²) in [6, 6.07) is 19.8. The number of benzene rings is 4. The van der Waals surface area contributed by atoms with Gasteiger partial charge < -0.3 is 24.0 Å². The molecule has 0 aliphatic carbocycles. The van der Waals surface area contributed by atoms with Crippen molar-refractivity contribution in [2.75, 3.05) is 20.0 Å². The van der Waals surface area contributed by atoms with Crippen LogP contribution in [0.25, 0.3) is 43.5 Å². The monoisotopic (exact) mass is 736 g/mol. The van der Waals surface area contributed by atoms with E-state index in [1.54, 1.807) is 49.6 Å². The topological polar surface area (TPSA) is 148 Å². The third kappa shape index (κ3) is 8.46. The molecule has 232 valence electrons. The number of nitrogens with zero attached hydrogens (tertiary/aromatic N) is 1. The number of hydrogen-bond donors (Lipinski definition) is 1. The molecular weight excluding hydrogens is 717 g/mol. The predicted molar refractivity (Wildman–Crippen MR) is 196 cm³/mol. The first-order chi connectivity index (χ1) is 21.6. The number of rotatable bonds is 3. The third-order valence-electron chi connectivity index (χ3n) is 6.09. The molecule has 0 saturated carbocycles. The first kappa shape index (κ1) is 35.6. The van der Waals surface area contributed by atoms with Crippen molar-refractivity contribution < 1.29 is 23.2 Å². The molecule has 0 amide bonds. The molecule has 0 aliphatic heterocycles. The number of non-ortho nitro benzene ring substituents is 1. The van der Waals surface area contributed by atoms with Gasteiger partial charge in [0.25, 0.3) is 5.69 Å². The molecular formula is C28H20N2O8S7. The molecule has 0 radical (unpaired) electrons. The molecule has 2 heterocycles. The number of nitrogen functional groups attached to an aromatic ring is 1. The highest BCUT2D eigenvalue weighted by Gasteiger charge is 2.15. The molecule has 0 unspecified atom stereocenters. The molecule has 2 aromatic heterocycles. The second-order valence-corrected chi connectivity index (χ2v) is 13.7. The summed E-state index contributed by atoms with van der Waals surface area (Å²) in [6.45, 7) is 0. The van der Waals surface area contributed by atoms with Gasteiger partial charge in [-0.2, -0.15) is 0 Å². The molecule has 0 bridgehead atoms. The fourth-order valence-electron chi connectivity index (χ4n) is 4.35. The Morgan fingerprint density at radius 2 is 1.16 bits per heavy atom. The van der Waals surface area contributed by atoms with E-state index in [1.165, 1.54) is 43.1 Å². The van der Waals surface area contributed by atoms with Crippen LogP contribution in [0.3, 0.4) is 0 Å². The predicted octanol–water partition coefficient (Wildman–Crippen LogP) is 5.38. The van der Waals surface area contributed by atoms with E-state index in [0.717, 1.165) is 19.7 Å². The van der Waals surface area contributed by atoms with Crippen LogP contribution in [0.15, 0.2) is 91.2 Å². The van der Waals surface area contributed by atoms with Gasteiger partial charge in [0.15, 0.2) is 0 Å². The van der Waals surface area contributed by atoms with Gasteiger partial charge in [0.1, 0.15) is 22.7 Å². The normalized spacial score (nSPS) is 9.91. The van der Waals surface area contributed by atoms with E-state index in [1.807, 2.05) is 12.1 Å². The van der Waals surface area contributed by atoms with E-state index in [0.29, 0.717) is 44.5 Å². The zero-order valence-electron chi connectivity index (χ0n) is 23.1. The number of methoxy groups -OCH3 is 2. The molecule has 10 nitrogen and oxygen atoms in total. The van der Waals surface area contributed by atoms with Gasteiger partial charge in [-0.1, -0.05) is 18.2 Å². The van der Waals surface area contributed by atoms with Crippen molar-refractivity contribution in [1.29, 1.82) is 0 Å². The highest BCUT2D eigenvalue weighted by molar-refractivity contribution is 8.51. The van der Waals surface area contributed by atoms with E-state index >= 15 is 0 Å². The zero-order valence-corrected chi connectivity index (χ0v) is 28.8. The van der Waals surface area contributed by atoms with Crippen molar-refractivity contribution in [2.24, 2.45) is 0 Å². The quantitative estimate of drug-likeness (QED) is 0.0816. The number of nitro groups is 1. The molecule has 0 saturated heterocycles. The van der Waals surface area contributed by atoms with Gasteiger partial charge in [-0.25, -0.2) is 9.59 Å². The average molecular weight is 737 g/mol. The minimum absolute atomic E-state index is 0.154. The highest BCUT2D eigenvalue weighted by atomic mass is 33.2. The fraction of sp³-hybridized carbons (Fsp3) is 0.0714. The maximum atomic E-state index is 11.9. The number of ether oxygens (including phenoxy) is 2. The van der Waals surface area contributed by atoms with Crippen molar-refractivity contribution in [3.63, 3.8) is 0 Å². The summed E-state index contributed by atoms with van der Waals surface area (Å²) < 4.78 is 21.0. The van der Waals surface area contributed by atoms with E-state index in [9.17, 15) is 19.7 Å². The number of anilines is 1. The van der Waals surface area contributed by atoms with Crippen LogP contribution in [0.5, 0.6) is 11.5 Å². The third-order valence-corrected chi connectivity index (χ3v) is 8.31. The number of hydrogen-bond acceptors (Lipinski definition) is 13. The molecule has 6 rings (SSSR count). The van der Waals surface area contributed by atoms with Gasteiger partial charge in [0, 0.05) is 100.0 Å². The van der Waals surface area contributed by atoms with Crippen LogP contribution in [0.1, 0.15) is 0 Å². The largest absolute Gasteiger partial charge is 0.496 e.